The molecule has 104 valence electrons. The summed E-state index contributed by atoms with van der Waals surface area (Å²) in [6.45, 7) is 9.69. The second-order valence-corrected chi connectivity index (χ2v) is 5.49. The van der Waals surface area contributed by atoms with Crippen LogP contribution in [0.5, 0.6) is 0 Å². The van der Waals surface area contributed by atoms with Crippen LogP contribution in [-0.4, -0.2) is 30.4 Å². The van der Waals surface area contributed by atoms with Gasteiger partial charge in [0.15, 0.2) is 0 Å². The summed E-state index contributed by atoms with van der Waals surface area (Å²) in [6.07, 6.45) is 0. The molecule has 0 bridgehead atoms. The predicted octanol–water partition coefficient (Wildman–Crippen LogP) is 2.20. The van der Waals surface area contributed by atoms with Crippen molar-refractivity contribution >= 4 is 5.91 Å². The first-order chi connectivity index (χ1) is 9.13. The summed E-state index contributed by atoms with van der Waals surface area (Å²) in [5.74, 6) is 0.931. The highest BCUT2D eigenvalue weighted by Crippen LogP contribution is 2.20. The minimum atomic E-state index is 0.130. The quantitative estimate of drug-likeness (QED) is 0.880. The Labute approximate surface area is 116 Å². The highest BCUT2D eigenvalue weighted by atomic mass is 16.2. The van der Waals surface area contributed by atoms with Gasteiger partial charge in [-0.15, -0.1) is 0 Å². The van der Waals surface area contributed by atoms with Crippen molar-refractivity contribution in [2.45, 2.75) is 27.3 Å². The number of hydrogen-bond donors (Lipinski definition) is 1. The molecule has 1 atom stereocenters. The number of aryl methyl sites for hydroxylation is 1. The van der Waals surface area contributed by atoms with Gasteiger partial charge in [-0.25, -0.2) is 0 Å². The molecule has 0 radical (unpaired) electrons. The zero-order valence-corrected chi connectivity index (χ0v) is 12.1. The van der Waals surface area contributed by atoms with Crippen LogP contribution in [-0.2, 0) is 11.3 Å². The van der Waals surface area contributed by atoms with Gasteiger partial charge in [-0.2, -0.15) is 0 Å². The molecular weight excluding hydrogens is 236 g/mol. The first-order valence-electron chi connectivity index (χ1n) is 7.17. The Morgan fingerprint density at radius 1 is 1.42 bits per heavy atom. The van der Waals surface area contributed by atoms with E-state index in [4.69, 9.17) is 0 Å². The van der Waals surface area contributed by atoms with Crippen LogP contribution in [0.2, 0.25) is 0 Å². The Hall–Kier alpha value is -1.35. The third-order valence-electron chi connectivity index (χ3n) is 4.23. The van der Waals surface area contributed by atoms with Crippen molar-refractivity contribution < 1.29 is 4.79 Å². The fourth-order valence-corrected chi connectivity index (χ4v) is 2.49. The Morgan fingerprint density at radius 3 is 2.63 bits per heavy atom. The number of carbonyl (C=O) groups excluding carboxylic acids is 1. The first-order valence-corrected chi connectivity index (χ1v) is 7.17. The second-order valence-electron chi connectivity index (χ2n) is 5.49. The molecule has 1 amide bonds. The summed E-state index contributed by atoms with van der Waals surface area (Å²) in [5, 5.41) is 3.24. The fourth-order valence-electron chi connectivity index (χ4n) is 2.49. The summed E-state index contributed by atoms with van der Waals surface area (Å²) in [7, 11) is 0. The Kier molecular flexibility index (Phi) is 4.59. The minimum Gasteiger partial charge on any atom is -0.338 e. The maximum atomic E-state index is 12.5. The van der Waals surface area contributed by atoms with Crippen molar-refractivity contribution in [1.29, 1.82) is 0 Å². The molecule has 0 saturated carbocycles. The molecule has 2 rings (SSSR count). The normalized spacial score (nSPS) is 16.8. The molecule has 1 aliphatic heterocycles. The highest BCUT2D eigenvalue weighted by molar-refractivity contribution is 5.79. The smallest absolute Gasteiger partial charge is 0.226 e. The Balaban J connectivity index is 2.03. The molecule has 1 unspecified atom stereocenters. The number of nitrogens with one attached hydrogen (secondary N) is 1. The van der Waals surface area contributed by atoms with E-state index < -0.39 is 0 Å². The molecule has 0 aliphatic carbocycles. The summed E-state index contributed by atoms with van der Waals surface area (Å²) in [5.41, 5.74) is 2.50. The molecule has 3 nitrogen and oxygen atoms in total. The number of rotatable bonds is 5. The maximum absolute atomic E-state index is 12.5. The van der Waals surface area contributed by atoms with Gasteiger partial charge in [0.05, 0.1) is 0 Å². The van der Waals surface area contributed by atoms with E-state index in [-0.39, 0.29) is 11.8 Å². The number of nitrogens with zero attached hydrogens (tertiary/aromatic N) is 1. The van der Waals surface area contributed by atoms with Crippen LogP contribution in [0, 0.1) is 18.8 Å². The van der Waals surface area contributed by atoms with Crippen LogP contribution in [0.3, 0.4) is 0 Å². The van der Waals surface area contributed by atoms with E-state index in [1.165, 1.54) is 11.1 Å². The number of amides is 1. The van der Waals surface area contributed by atoms with Crippen molar-refractivity contribution in [3.8, 4) is 0 Å². The van der Waals surface area contributed by atoms with Gasteiger partial charge in [0.2, 0.25) is 5.91 Å². The molecule has 3 heteroatoms. The summed E-state index contributed by atoms with van der Waals surface area (Å²) >= 11 is 0. The zero-order chi connectivity index (χ0) is 13.8. The van der Waals surface area contributed by atoms with E-state index in [1.54, 1.807) is 0 Å². The summed E-state index contributed by atoms with van der Waals surface area (Å²) < 4.78 is 0. The topological polar surface area (TPSA) is 32.3 Å². The molecule has 0 spiro atoms. The molecule has 19 heavy (non-hydrogen) atoms. The van der Waals surface area contributed by atoms with E-state index in [0.29, 0.717) is 5.92 Å². The molecule has 1 N–H and O–H groups in total. The summed E-state index contributed by atoms with van der Waals surface area (Å²) in [4.78, 5) is 14.5. The fraction of sp³-hybridized carbons (Fsp3) is 0.562. The third-order valence-corrected chi connectivity index (χ3v) is 4.23. The number of benzene rings is 1. The van der Waals surface area contributed by atoms with Crippen molar-refractivity contribution in [2.75, 3.05) is 19.6 Å². The van der Waals surface area contributed by atoms with Crippen LogP contribution in [0.15, 0.2) is 24.3 Å². The largest absolute Gasteiger partial charge is 0.338 e. The third kappa shape index (κ3) is 3.16. The van der Waals surface area contributed by atoms with Gasteiger partial charge in [0.25, 0.3) is 0 Å². The van der Waals surface area contributed by atoms with Crippen LogP contribution >= 0.6 is 0 Å². The predicted molar refractivity (Wildman–Crippen MR) is 77.8 cm³/mol. The lowest BCUT2D eigenvalue weighted by Gasteiger charge is -2.35. The first kappa shape index (κ1) is 14.1. The van der Waals surface area contributed by atoms with Gasteiger partial charge in [0, 0.05) is 19.0 Å². The van der Waals surface area contributed by atoms with Gasteiger partial charge in [-0.05, 0) is 44.0 Å². The SMILES string of the molecule is CCN(Cc1ccccc1C)C(=O)C(C)C1CNC1. The van der Waals surface area contributed by atoms with E-state index >= 15 is 0 Å². The molecular formula is C16H24N2O. The van der Waals surface area contributed by atoms with E-state index in [0.717, 1.165) is 26.2 Å². The Morgan fingerprint density at radius 2 is 2.11 bits per heavy atom. The monoisotopic (exact) mass is 260 g/mol. The number of hydrogen-bond acceptors (Lipinski definition) is 2. The van der Waals surface area contributed by atoms with Crippen molar-refractivity contribution in [1.82, 2.24) is 10.2 Å². The standard InChI is InChI=1S/C16H24N2O/c1-4-18(11-14-8-6-5-7-12(14)2)16(19)13(3)15-9-17-10-15/h5-8,13,15,17H,4,9-11H2,1-3H3. The Bertz CT molecular complexity index is 440. The van der Waals surface area contributed by atoms with Crippen LogP contribution in [0.4, 0.5) is 0 Å². The molecule has 0 aromatic heterocycles. The lowest BCUT2D eigenvalue weighted by Crippen LogP contribution is -2.50. The van der Waals surface area contributed by atoms with E-state index in [9.17, 15) is 4.79 Å². The molecule has 1 aromatic rings. The zero-order valence-electron chi connectivity index (χ0n) is 12.1. The molecule has 1 aromatic carbocycles. The average molecular weight is 260 g/mol. The lowest BCUT2D eigenvalue weighted by atomic mass is 9.88. The van der Waals surface area contributed by atoms with Gasteiger partial charge >= 0.3 is 0 Å². The van der Waals surface area contributed by atoms with Gasteiger partial charge in [-0.1, -0.05) is 31.2 Å². The molecule has 1 saturated heterocycles. The molecule has 1 heterocycles. The number of carbonyl (C=O) groups is 1. The van der Waals surface area contributed by atoms with Crippen molar-refractivity contribution in [3.63, 3.8) is 0 Å². The second kappa shape index (κ2) is 6.20. The molecule has 1 fully saturated rings. The lowest BCUT2D eigenvalue weighted by molar-refractivity contribution is -0.137. The highest BCUT2D eigenvalue weighted by Gasteiger charge is 2.31. The summed E-state index contributed by atoms with van der Waals surface area (Å²) in [6, 6.07) is 8.30. The average Bonchev–Trinajstić information content (AvgIpc) is 2.35. The molecule has 1 aliphatic rings. The van der Waals surface area contributed by atoms with Gasteiger partial charge in [0.1, 0.15) is 0 Å². The van der Waals surface area contributed by atoms with E-state index in [1.807, 2.05) is 17.0 Å². The van der Waals surface area contributed by atoms with Crippen molar-refractivity contribution in [2.24, 2.45) is 11.8 Å². The van der Waals surface area contributed by atoms with Crippen LogP contribution < -0.4 is 5.32 Å². The minimum absolute atomic E-state index is 0.130. The van der Waals surface area contributed by atoms with Gasteiger partial charge < -0.3 is 10.2 Å². The maximum Gasteiger partial charge on any atom is 0.226 e. The van der Waals surface area contributed by atoms with Crippen molar-refractivity contribution in [3.05, 3.63) is 35.4 Å². The van der Waals surface area contributed by atoms with Crippen LogP contribution in [0.1, 0.15) is 25.0 Å². The van der Waals surface area contributed by atoms with Gasteiger partial charge in [-0.3, -0.25) is 4.79 Å². The van der Waals surface area contributed by atoms with E-state index in [2.05, 4.69) is 38.2 Å². The van der Waals surface area contributed by atoms with Crippen LogP contribution in [0.25, 0.3) is 0 Å².